The zero-order valence-corrected chi connectivity index (χ0v) is 22.8. The van der Waals surface area contributed by atoms with E-state index in [-0.39, 0.29) is 17.7 Å². The minimum absolute atomic E-state index is 0.260. The molecule has 0 aliphatic carbocycles. The summed E-state index contributed by atoms with van der Waals surface area (Å²) in [5.41, 5.74) is 5.11. The predicted molar refractivity (Wildman–Crippen MR) is 149 cm³/mol. The maximum absolute atomic E-state index is 13.0. The Bertz CT molecular complexity index is 1290. The van der Waals surface area contributed by atoms with E-state index in [2.05, 4.69) is 35.6 Å². The Labute approximate surface area is 223 Å². The molecule has 1 fully saturated rings. The van der Waals surface area contributed by atoms with Gasteiger partial charge in [-0.3, -0.25) is 14.5 Å². The van der Waals surface area contributed by atoms with Gasteiger partial charge in [0.05, 0.1) is 21.6 Å². The molecular weight excluding hydrogens is 573 g/mol. The third-order valence-electron chi connectivity index (χ3n) is 5.60. The first-order valence-corrected chi connectivity index (χ1v) is 13.2. The molecule has 7 heteroatoms. The zero-order chi connectivity index (χ0) is 24.9. The molecule has 1 saturated heterocycles. The van der Waals surface area contributed by atoms with E-state index in [9.17, 15) is 9.59 Å². The number of thioether (sulfide) groups is 1. The highest BCUT2D eigenvalue weighted by atomic mass is 127. The Hall–Kier alpha value is -2.78. The molecule has 0 aromatic heterocycles. The number of benzene rings is 3. The number of carbonyl (C=O) groups excluding carboxylic acids is 2. The summed E-state index contributed by atoms with van der Waals surface area (Å²) < 4.78 is 12.9. The van der Waals surface area contributed by atoms with E-state index >= 15 is 0 Å². The maximum atomic E-state index is 13.0. The standard InChI is InChI=1S/C28H26INO4S/c1-4-33-24-14-21(13-23(29)26(24)34-17-22-8-6-5-7-19(22)3)15-25-27(31)30(28(32)35-25)16-20-11-9-18(2)10-12-20/h5-15H,4,16-17H2,1-3H3/b25-15-. The van der Waals surface area contributed by atoms with Gasteiger partial charge in [0, 0.05) is 0 Å². The fourth-order valence-electron chi connectivity index (χ4n) is 3.66. The lowest BCUT2D eigenvalue weighted by molar-refractivity contribution is -0.123. The van der Waals surface area contributed by atoms with Crippen LogP contribution in [0.15, 0.2) is 65.6 Å². The van der Waals surface area contributed by atoms with Crippen molar-refractivity contribution in [2.75, 3.05) is 6.61 Å². The second-order valence-electron chi connectivity index (χ2n) is 8.23. The molecule has 0 unspecified atom stereocenters. The van der Waals surface area contributed by atoms with Crippen LogP contribution in [0.4, 0.5) is 4.79 Å². The van der Waals surface area contributed by atoms with Gasteiger partial charge in [0.15, 0.2) is 11.5 Å². The Balaban J connectivity index is 1.55. The monoisotopic (exact) mass is 599 g/mol. The highest BCUT2D eigenvalue weighted by Crippen LogP contribution is 2.38. The van der Waals surface area contributed by atoms with Crippen molar-refractivity contribution in [2.24, 2.45) is 0 Å². The van der Waals surface area contributed by atoms with Gasteiger partial charge >= 0.3 is 0 Å². The van der Waals surface area contributed by atoms with Gasteiger partial charge in [-0.15, -0.1) is 0 Å². The van der Waals surface area contributed by atoms with E-state index in [1.807, 2.05) is 68.4 Å². The van der Waals surface area contributed by atoms with Crippen molar-refractivity contribution in [3.63, 3.8) is 0 Å². The number of amides is 2. The van der Waals surface area contributed by atoms with Gasteiger partial charge in [0.25, 0.3) is 11.1 Å². The molecule has 4 rings (SSSR count). The quantitative estimate of drug-likeness (QED) is 0.204. The molecule has 0 radical (unpaired) electrons. The number of halogens is 1. The molecule has 1 heterocycles. The maximum Gasteiger partial charge on any atom is 0.293 e. The van der Waals surface area contributed by atoms with Crippen LogP contribution in [-0.4, -0.2) is 22.7 Å². The fourth-order valence-corrected chi connectivity index (χ4v) is 5.28. The highest BCUT2D eigenvalue weighted by molar-refractivity contribution is 14.1. The third-order valence-corrected chi connectivity index (χ3v) is 7.31. The Morgan fingerprint density at radius 3 is 2.46 bits per heavy atom. The number of hydrogen-bond donors (Lipinski definition) is 0. The number of ether oxygens (including phenoxy) is 2. The first-order valence-electron chi connectivity index (χ1n) is 11.3. The second kappa shape index (κ2) is 11.3. The SMILES string of the molecule is CCOc1cc(/C=C2\SC(=O)N(Cc3ccc(C)cc3)C2=O)cc(I)c1OCc1ccccc1C. The van der Waals surface area contributed by atoms with Crippen molar-refractivity contribution in [1.29, 1.82) is 0 Å². The van der Waals surface area contributed by atoms with Crippen LogP contribution in [0.25, 0.3) is 6.08 Å². The first kappa shape index (κ1) is 25.3. The van der Waals surface area contributed by atoms with Crippen LogP contribution in [0.1, 0.15) is 34.7 Å². The molecule has 1 aliphatic heterocycles. The predicted octanol–water partition coefficient (Wildman–Crippen LogP) is 7.12. The van der Waals surface area contributed by atoms with Gasteiger partial charge in [-0.1, -0.05) is 54.1 Å². The summed E-state index contributed by atoms with van der Waals surface area (Å²) in [4.78, 5) is 27.3. The zero-order valence-electron chi connectivity index (χ0n) is 19.8. The summed E-state index contributed by atoms with van der Waals surface area (Å²) in [5.74, 6) is 0.992. The molecule has 5 nitrogen and oxygen atoms in total. The van der Waals surface area contributed by atoms with Crippen molar-refractivity contribution >= 4 is 51.6 Å². The molecule has 35 heavy (non-hydrogen) atoms. The Morgan fingerprint density at radius 1 is 1.00 bits per heavy atom. The first-order chi connectivity index (χ1) is 16.9. The van der Waals surface area contributed by atoms with E-state index in [0.717, 1.165) is 37.6 Å². The molecule has 180 valence electrons. The summed E-state index contributed by atoms with van der Waals surface area (Å²) in [6.07, 6.45) is 1.75. The molecular formula is C28H26INO4S. The number of aryl methyl sites for hydroxylation is 2. The smallest absolute Gasteiger partial charge is 0.293 e. The van der Waals surface area contributed by atoms with Gasteiger partial charge in [-0.05, 0) is 95.6 Å². The lowest BCUT2D eigenvalue weighted by Gasteiger charge is -2.16. The van der Waals surface area contributed by atoms with Crippen molar-refractivity contribution in [1.82, 2.24) is 4.90 Å². The van der Waals surface area contributed by atoms with Gasteiger partial charge in [0.1, 0.15) is 6.61 Å². The number of imide groups is 1. The summed E-state index contributed by atoms with van der Waals surface area (Å²) in [7, 11) is 0. The van der Waals surface area contributed by atoms with Crippen molar-refractivity contribution in [2.45, 2.75) is 33.9 Å². The summed E-state index contributed by atoms with van der Waals surface area (Å²) in [6.45, 7) is 7.15. The lowest BCUT2D eigenvalue weighted by Crippen LogP contribution is -2.27. The minimum Gasteiger partial charge on any atom is -0.490 e. The number of nitrogens with zero attached hydrogens (tertiary/aromatic N) is 1. The molecule has 0 N–H and O–H groups in total. The summed E-state index contributed by atoms with van der Waals surface area (Å²) in [5, 5.41) is -0.264. The van der Waals surface area contributed by atoms with Gasteiger partial charge in [-0.25, -0.2) is 0 Å². The number of hydrogen-bond acceptors (Lipinski definition) is 5. The molecule has 0 atom stereocenters. The Morgan fingerprint density at radius 2 is 1.74 bits per heavy atom. The number of carbonyl (C=O) groups is 2. The minimum atomic E-state index is -0.284. The molecule has 0 saturated carbocycles. The van der Waals surface area contributed by atoms with Gasteiger partial charge in [0.2, 0.25) is 0 Å². The van der Waals surface area contributed by atoms with Gasteiger partial charge in [-0.2, -0.15) is 0 Å². The summed E-state index contributed by atoms with van der Waals surface area (Å²) >= 11 is 3.18. The topological polar surface area (TPSA) is 55.8 Å². The largest absolute Gasteiger partial charge is 0.490 e. The van der Waals surface area contributed by atoms with Crippen LogP contribution >= 0.6 is 34.4 Å². The van der Waals surface area contributed by atoms with E-state index in [4.69, 9.17) is 9.47 Å². The van der Waals surface area contributed by atoms with Crippen molar-refractivity contribution in [3.05, 3.63) is 97.0 Å². The molecule has 0 spiro atoms. The van der Waals surface area contributed by atoms with Crippen LogP contribution < -0.4 is 9.47 Å². The van der Waals surface area contributed by atoms with Crippen LogP contribution in [0.5, 0.6) is 11.5 Å². The lowest BCUT2D eigenvalue weighted by atomic mass is 10.1. The summed E-state index contributed by atoms with van der Waals surface area (Å²) in [6, 6.07) is 19.7. The average molecular weight is 599 g/mol. The average Bonchev–Trinajstić information content (AvgIpc) is 3.08. The van der Waals surface area contributed by atoms with E-state index < -0.39 is 0 Å². The van der Waals surface area contributed by atoms with E-state index in [1.165, 1.54) is 10.5 Å². The van der Waals surface area contributed by atoms with Crippen molar-refractivity contribution in [3.8, 4) is 11.5 Å². The fraction of sp³-hybridized carbons (Fsp3) is 0.214. The molecule has 1 aliphatic rings. The molecule has 0 bridgehead atoms. The molecule has 3 aromatic carbocycles. The third kappa shape index (κ3) is 6.08. The van der Waals surface area contributed by atoms with Crippen LogP contribution in [-0.2, 0) is 17.9 Å². The van der Waals surface area contributed by atoms with Gasteiger partial charge < -0.3 is 9.47 Å². The second-order valence-corrected chi connectivity index (χ2v) is 10.4. The van der Waals surface area contributed by atoms with Crippen molar-refractivity contribution < 1.29 is 19.1 Å². The molecule has 2 amide bonds. The molecule has 3 aromatic rings. The van der Waals surface area contributed by atoms with Crippen LogP contribution in [0.3, 0.4) is 0 Å². The van der Waals surface area contributed by atoms with E-state index in [1.54, 1.807) is 6.08 Å². The highest BCUT2D eigenvalue weighted by Gasteiger charge is 2.35. The van der Waals surface area contributed by atoms with E-state index in [0.29, 0.717) is 29.6 Å². The normalized spacial score (nSPS) is 14.6. The van der Waals surface area contributed by atoms with Crippen LogP contribution in [0, 0.1) is 17.4 Å². The number of rotatable bonds is 8. The Kier molecular flexibility index (Phi) is 8.18. The van der Waals surface area contributed by atoms with Crippen LogP contribution in [0.2, 0.25) is 0 Å².